The van der Waals surface area contributed by atoms with Gasteiger partial charge < -0.3 is 16.6 Å². The number of hydrogen-bond donors (Lipinski definition) is 3. The number of para-hydroxylation sites is 1. The summed E-state index contributed by atoms with van der Waals surface area (Å²) >= 11 is 0. The highest BCUT2D eigenvalue weighted by atomic mass is 15.4. The van der Waals surface area contributed by atoms with Gasteiger partial charge in [0.05, 0.1) is 11.4 Å². The highest BCUT2D eigenvalue weighted by molar-refractivity contribution is 5.57. The van der Waals surface area contributed by atoms with Gasteiger partial charge in [-0.15, -0.1) is 0 Å². The van der Waals surface area contributed by atoms with Gasteiger partial charge in [-0.3, -0.25) is 0 Å². The smallest absolute Gasteiger partial charge is 0.0560 e. The largest absolute Gasteiger partial charge is 0.399 e. The van der Waals surface area contributed by atoms with E-state index in [1.165, 1.54) is 0 Å². The van der Waals surface area contributed by atoms with Gasteiger partial charge in [-0.1, -0.05) is 24.3 Å². The lowest BCUT2D eigenvalue weighted by molar-refractivity contribution is 1.41. The third-order valence-electron chi connectivity index (χ3n) is 2.01. The van der Waals surface area contributed by atoms with Crippen LogP contribution in [0, 0.1) is 0 Å². The lowest BCUT2D eigenvalue weighted by atomic mass is 10.3. The van der Waals surface area contributed by atoms with Gasteiger partial charge in [0.15, 0.2) is 0 Å². The normalized spacial score (nSPS) is 9.60. The predicted octanol–water partition coefficient (Wildman–Crippen LogP) is 2.71. The highest BCUT2D eigenvalue weighted by Gasteiger charge is 1.91. The minimum Gasteiger partial charge on any atom is -0.399 e. The first-order chi connectivity index (χ1) is 7.34. The fourth-order valence-corrected chi connectivity index (χ4v) is 1.28. The Morgan fingerprint density at radius 3 is 2.13 bits per heavy atom. The molecule has 0 atom stereocenters. The monoisotopic (exact) mass is 199 g/mol. The Morgan fingerprint density at radius 1 is 0.733 bits per heavy atom. The Balaban J connectivity index is 1.99. The molecular formula is C12H13N3. The molecule has 0 spiro atoms. The van der Waals surface area contributed by atoms with Crippen LogP contribution in [0.2, 0.25) is 0 Å². The van der Waals surface area contributed by atoms with E-state index in [1.807, 2.05) is 54.6 Å². The lowest BCUT2D eigenvalue weighted by Crippen LogP contribution is -2.08. The van der Waals surface area contributed by atoms with Gasteiger partial charge in [-0.25, -0.2) is 0 Å². The molecule has 0 bridgehead atoms. The van der Waals surface area contributed by atoms with Crippen molar-refractivity contribution >= 4 is 17.1 Å². The molecule has 3 heteroatoms. The van der Waals surface area contributed by atoms with Crippen molar-refractivity contribution in [2.75, 3.05) is 16.6 Å². The Labute approximate surface area is 88.9 Å². The fourth-order valence-electron chi connectivity index (χ4n) is 1.28. The lowest BCUT2D eigenvalue weighted by Gasteiger charge is -2.09. The summed E-state index contributed by atoms with van der Waals surface area (Å²) < 4.78 is 0. The molecule has 0 aromatic heterocycles. The van der Waals surface area contributed by atoms with Crippen molar-refractivity contribution in [3.63, 3.8) is 0 Å². The van der Waals surface area contributed by atoms with Crippen LogP contribution < -0.4 is 16.6 Å². The molecule has 0 aliphatic carbocycles. The van der Waals surface area contributed by atoms with Crippen molar-refractivity contribution in [3.05, 3.63) is 54.6 Å². The number of nitrogens with one attached hydrogen (secondary N) is 2. The molecule has 4 N–H and O–H groups in total. The van der Waals surface area contributed by atoms with Gasteiger partial charge in [0, 0.05) is 5.69 Å². The van der Waals surface area contributed by atoms with Gasteiger partial charge in [0.2, 0.25) is 0 Å². The average Bonchev–Trinajstić information content (AvgIpc) is 2.28. The zero-order chi connectivity index (χ0) is 10.5. The summed E-state index contributed by atoms with van der Waals surface area (Å²) in [5.74, 6) is 0. The Hall–Kier alpha value is -2.16. The van der Waals surface area contributed by atoms with Crippen LogP contribution in [0.3, 0.4) is 0 Å². The average molecular weight is 199 g/mol. The topological polar surface area (TPSA) is 50.1 Å². The van der Waals surface area contributed by atoms with Crippen molar-refractivity contribution in [1.29, 1.82) is 0 Å². The zero-order valence-corrected chi connectivity index (χ0v) is 8.27. The Bertz CT molecular complexity index is 426. The van der Waals surface area contributed by atoms with Crippen molar-refractivity contribution in [2.24, 2.45) is 0 Å². The summed E-state index contributed by atoms with van der Waals surface area (Å²) in [5, 5.41) is 0. The maximum Gasteiger partial charge on any atom is 0.0560 e. The number of nitrogens with two attached hydrogens (primary N) is 1. The summed E-state index contributed by atoms with van der Waals surface area (Å²) in [7, 11) is 0. The van der Waals surface area contributed by atoms with Gasteiger partial charge in [0.25, 0.3) is 0 Å². The van der Waals surface area contributed by atoms with Crippen molar-refractivity contribution in [1.82, 2.24) is 0 Å². The van der Waals surface area contributed by atoms with Crippen LogP contribution in [0.15, 0.2) is 54.6 Å². The van der Waals surface area contributed by atoms with Crippen molar-refractivity contribution in [2.45, 2.75) is 0 Å². The summed E-state index contributed by atoms with van der Waals surface area (Å²) in [6, 6.07) is 17.5. The second-order valence-electron chi connectivity index (χ2n) is 3.24. The van der Waals surface area contributed by atoms with E-state index >= 15 is 0 Å². The summed E-state index contributed by atoms with van der Waals surface area (Å²) in [4.78, 5) is 0. The molecule has 15 heavy (non-hydrogen) atoms. The maximum atomic E-state index is 5.66. The fraction of sp³-hybridized carbons (Fsp3) is 0. The molecule has 0 heterocycles. The van der Waals surface area contributed by atoms with Crippen LogP contribution in [0.5, 0.6) is 0 Å². The second-order valence-corrected chi connectivity index (χ2v) is 3.24. The van der Waals surface area contributed by atoms with Crippen molar-refractivity contribution in [3.8, 4) is 0 Å². The van der Waals surface area contributed by atoms with E-state index in [1.54, 1.807) is 0 Å². The van der Waals surface area contributed by atoms with Gasteiger partial charge in [-0.05, 0) is 30.3 Å². The molecule has 0 unspecified atom stereocenters. The minimum absolute atomic E-state index is 0.745. The first kappa shape index (κ1) is 9.40. The first-order valence-corrected chi connectivity index (χ1v) is 4.77. The number of nitrogen functional groups attached to an aromatic ring is 1. The van der Waals surface area contributed by atoms with Crippen LogP contribution in [0.25, 0.3) is 0 Å². The summed E-state index contributed by atoms with van der Waals surface area (Å²) in [6.45, 7) is 0. The molecular weight excluding hydrogens is 186 g/mol. The second kappa shape index (κ2) is 4.37. The van der Waals surface area contributed by atoms with E-state index in [0.717, 1.165) is 17.1 Å². The minimum atomic E-state index is 0.745. The van der Waals surface area contributed by atoms with E-state index in [9.17, 15) is 0 Å². The van der Waals surface area contributed by atoms with Crippen LogP contribution >= 0.6 is 0 Å². The number of benzene rings is 2. The van der Waals surface area contributed by atoms with Crippen LogP contribution in [0.4, 0.5) is 17.1 Å². The molecule has 0 saturated carbocycles. The molecule has 0 saturated heterocycles. The summed E-state index contributed by atoms with van der Waals surface area (Å²) in [5.41, 5.74) is 14.5. The van der Waals surface area contributed by atoms with Crippen LogP contribution in [-0.4, -0.2) is 0 Å². The van der Waals surface area contributed by atoms with E-state index in [4.69, 9.17) is 5.73 Å². The van der Waals surface area contributed by atoms with Gasteiger partial charge >= 0.3 is 0 Å². The molecule has 0 aliphatic heterocycles. The highest BCUT2D eigenvalue weighted by Crippen LogP contribution is 2.12. The molecule has 0 aliphatic rings. The van der Waals surface area contributed by atoms with Gasteiger partial charge in [-0.2, -0.15) is 0 Å². The van der Waals surface area contributed by atoms with E-state index < -0.39 is 0 Å². The number of rotatable bonds is 3. The van der Waals surface area contributed by atoms with Crippen molar-refractivity contribution < 1.29 is 0 Å². The number of hydrogen-bond acceptors (Lipinski definition) is 3. The van der Waals surface area contributed by atoms with E-state index in [0.29, 0.717) is 0 Å². The SMILES string of the molecule is Nc1cccc(NNc2ccccc2)c1. The maximum absolute atomic E-state index is 5.66. The third kappa shape index (κ3) is 2.64. The molecule has 0 amide bonds. The Kier molecular flexibility index (Phi) is 2.74. The molecule has 0 fully saturated rings. The van der Waals surface area contributed by atoms with E-state index in [-0.39, 0.29) is 0 Å². The number of anilines is 3. The number of hydrazine groups is 1. The molecule has 2 aromatic rings. The summed E-state index contributed by atoms with van der Waals surface area (Å²) in [6.07, 6.45) is 0. The zero-order valence-electron chi connectivity index (χ0n) is 8.27. The molecule has 0 radical (unpaired) electrons. The third-order valence-corrected chi connectivity index (χ3v) is 2.01. The van der Waals surface area contributed by atoms with E-state index in [2.05, 4.69) is 10.9 Å². The van der Waals surface area contributed by atoms with Gasteiger partial charge in [0.1, 0.15) is 0 Å². The van der Waals surface area contributed by atoms with Crippen LogP contribution in [0.1, 0.15) is 0 Å². The Morgan fingerprint density at radius 2 is 1.40 bits per heavy atom. The first-order valence-electron chi connectivity index (χ1n) is 4.77. The standard InChI is InChI=1S/C12H13N3/c13-10-5-4-8-12(9-10)15-14-11-6-2-1-3-7-11/h1-9,14-15H,13H2. The predicted molar refractivity (Wildman–Crippen MR) is 64.5 cm³/mol. The molecule has 2 aromatic carbocycles. The van der Waals surface area contributed by atoms with Crippen LogP contribution in [-0.2, 0) is 0 Å². The quantitative estimate of drug-likeness (QED) is 0.526. The molecule has 3 nitrogen and oxygen atoms in total. The molecule has 2 rings (SSSR count). The molecule has 76 valence electrons.